The predicted molar refractivity (Wildman–Crippen MR) is 279 cm³/mol. The maximum Gasteiger partial charge on any atom is 0.306 e. The number of hydrogen-bond acceptors (Lipinski definition) is 6. The summed E-state index contributed by atoms with van der Waals surface area (Å²) in [5.41, 5.74) is 0. The summed E-state index contributed by atoms with van der Waals surface area (Å²) in [6.07, 6.45) is 68.7. The van der Waals surface area contributed by atoms with Gasteiger partial charge in [0.15, 0.2) is 6.10 Å². The van der Waals surface area contributed by atoms with Crippen LogP contribution in [0.2, 0.25) is 0 Å². The average Bonchev–Trinajstić information content (AvgIpc) is 3.30. The van der Waals surface area contributed by atoms with Crippen LogP contribution in [0.15, 0.2) is 85.1 Å². The lowest BCUT2D eigenvalue weighted by atomic mass is 10.0. The molecule has 0 saturated heterocycles. The van der Waals surface area contributed by atoms with Gasteiger partial charge >= 0.3 is 17.9 Å². The molecule has 1 unspecified atom stereocenters. The summed E-state index contributed by atoms with van der Waals surface area (Å²) in [4.78, 5) is 37.9. The normalized spacial score (nSPS) is 12.7. The highest BCUT2D eigenvalue weighted by molar-refractivity contribution is 5.71. The van der Waals surface area contributed by atoms with Gasteiger partial charge in [0.05, 0.1) is 0 Å². The highest BCUT2D eigenvalue weighted by Gasteiger charge is 2.19. The van der Waals surface area contributed by atoms with Gasteiger partial charge in [-0.1, -0.05) is 228 Å². The lowest BCUT2D eigenvalue weighted by molar-refractivity contribution is -0.167. The Morgan fingerprint density at radius 1 is 0.323 bits per heavy atom. The first kappa shape index (κ1) is 61.6. The van der Waals surface area contributed by atoms with Gasteiger partial charge < -0.3 is 14.2 Å². The van der Waals surface area contributed by atoms with E-state index >= 15 is 0 Å². The van der Waals surface area contributed by atoms with Crippen LogP contribution in [0, 0.1) is 0 Å². The maximum absolute atomic E-state index is 12.8. The van der Waals surface area contributed by atoms with Gasteiger partial charge in [-0.25, -0.2) is 0 Å². The van der Waals surface area contributed by atoms with Crippen molar-refractivity contribution >= 4 is 17.9 Å². The number of unbranched alkanes of at least 4 members (excludes halogenated alkanes) is 23. The molecule has 0 heterocycles. The highest BCUT2D eigenvalue weighted by Crippen LogP contribution is 2.15. The fraction of sp³-hybridized carbons (Fsp3) is 0.712. The van der Waals surface area contributed by atoms with Gasteiger partial charge in [0.1, 0.15) is 13.2 Å². The lowest BCUT2D eigenvalue weighted by Crippen LogP contribution is -2.30. The lowest BCUT2D eigenvalue weighted by Gasteiger charge is -2.18. The number of rotatable bonds is 48. The Kier molecular flexibility index (Phi) is 50.4. The molecule has 372 valence electrons. The number of carbonyl (C=O) groups is 3. The summed E-state index contributed by atoms with van der Waals surface area (Å²) in [6.45, 7) is 6.37. The van der Waals surface area contributed by atoms with Gasteiger partial charge in [-0.05, 0) is 89.9 Å². The van der Waals surface area contributed by atoms with E-state index in [2.05, 4.69) is 106 Å². The first-order valence-electron chi connectivity index (χ1n) is 27.1. The molecule has 0 aromatic carbocycles. The van der Waals surface area contributed by atoms with Gasteiger partial charge in [-0.15, -0.1) is 0 Å². The SMILES string of the molecule is CC/C=C\C/C=C\C/C=C\C/C=C\CCCCCCCCCCCCCCC(=O)OCC(COC(=O)CCCCCCCCCCC)OC(=O)CCCCC/C=C\C/C=C\C/C=C\CC. The fourth-order valence-electron chi connectivity index (χ4n) is 7.39. The van der Waals surface area contributed by atoms with Crippen molar-refractivity contribution in [2.75, 3.05) is 13.2 Å². The topological polar surface area (TPSA) is 78.9 Å². The minimum absolute atomic E-state index is 0.0872. The van der Waals surface area contributed by atoms with Gasteiger partial charge in [0.2, 0.25) is 0 Å². The Morgan fingerprint density at radius 3 is 0.954 bits per heavy atom. The zero-order chi connectivity index (χ0) is 47.2. The van der Waals surface area contributed by atoms with E-state index < -0.39 is 6.10 Å². The molecule has 0 amide bonds. The molecule has 0 spiro atoms. The molecule has 0 aromatic heterocycles. The molecule has 0 N–H and O–H groups in total. The molecule has 6 nitrogen and oxygen atoms in total. The first-order valence-corrected chi connectivity index (χ1v) is 27.1. The van der Waals surface area contributed by atoms with Crippen molar-refractivity contribution < 1.29 is 28.6 Å². The zero-order valence-electron chi connectivity index (χ0n) is 42.5. The third-order valence-corrected chi connectivity index (χ3v) is 11.4. The van der Waals surface area contributed by atoms with E-state index in [4.69, 9.17) is 14.2 Å². The van der Waals surface area contributed by atoms with Crippen LogP contribution in [0.25, 0.3) is 0 Å². The van der Waals surface area contributed by atoms with Gasteiger partial charge in [0, 0.05) is 19.3 Å². The minimum atomic E-state index is -0.789. The molecular weight excluding hydrogens is 805 g/mol. The molecule has 0 radical (unpaired) electrons. The highest BCUT2D eigenvalue weighted by atomic mass is 16.6. The second-order valence-electron chi connectivity index (χ2n) is 17.7. The molecule has 0 aliphatic heterocycles. The van der Waals surface area contributed by atoms with E-state index in [1.54, 1.807) is 0 Å². The van der Waals surface area contributed by atoms with E-state index in [1.807, 2.05) is 0 Å². The maximum atomic E-state index is 12.8. The smallest absolute Gasteiger partial charge is 0.306 e. The number of ether oxygens (including phenoxy) is 3. The van der Waals surface area contributed by atoms with Crippen LogP contribution in [0.5, 0.6) is 0 Å². The molecule has 0 aliphatic carbocycles. The van der Waals surface area contributed by atoms with Crippen molar-refractivity contribution in [2.24, 2.45) is 0 Å². The predicted octanol–water partition coefficient (Wildman–Crippen LogP) is 18.0. The van der Waals surface area contributed by atoms with Crippen molar-refractivity contribution in [3.05, 3.63) is 85.1 Å². The van der Waals surface area contributed by atoms with E-state index in [-0.39, 0.29) is 31.1 Å². The quantitative estimate of drug-likeness (QED) is 0.0262. The van der Waals surface area contributed by atoms with Crippen LogP contribution in [0.3, 0.4) is 0 Å². The van der Waals surface area contributed by atoms with E-state index in [1.165, 1.54) is 103 Å². The largest absolute Gasteiger partial charge is 0.462 e. The Balaban J connectivity index is 4.22. The van der Waals surface area contributed by atoms with Crippen molar-refractivity contribution in [1.82, 2.24) is 0 Å². The number of allylic oxidation sites excluding steroid dienone is 14. The summed E-state index contributed by atoms with van der Waals surface area (Å²) in [5.74, 6) is -0.920. The first-order chi connectivity index (χ1) is 32.0. The van der Waals surface area contributed by atoms with Crippen molar-refractivity contribution in [1.29, 1.82) is 0 Å². The van der Waals surface area contributed by atoms with Crippen LogP contribution in [0.1, 0.15) is 252 Å². The van der Waals surface area contributed by atoms with E-state index in [0.29, 0.717) is 19.3 Å². The Hall–Kier alpha value is -3.41. The summed E-state index contributed by atoms with van der Waals surface area (Å²) < 4.78 is 16.7. The Labute approximate surface area is 401 Å². The van der Waals surface area contributed by atoms with E-state index in [9.17, 15) is 14.4 Å². The van der Waals surface area contributed by atoms with Crippen LogP contribution < -0.4 is 0 Å². The van der Waals surface area contributed by atoms with Crippen LogP contribution in [0.4, 0.5) is 0 Å². The van der Waals surface area contributed by atoms with Crippen LogP contribution in [-0.2, 0) is 28.6 Å². The molecule has 0 aromatic rings. The molecule has 0 aliphatic rings. The summed E-state index contributed by atoms with van der Waals surface area (Å²) in [6, 6.07) is 0. The van der Waals surface area contributed by atoms with Crippen molar-refractivity contribution in [3.63, 3.8) is 0 Å². The molecule has 0 bridgehead atoms. The molecule has 1 atom stereocenters. The van der Waals surface area contributed by atoms with Crippen molar-refractivity contribution in [3.8, 4) is 0 Å². The minimum Gasteiger partial charge on any atom is -0.462 e. The molecule has 0 fully saturated rings. The second-order valence-corrected chi connectivity index (χ2v) is 17.7. The van der Waals surface area contributed by atoms with Crippen LogP contribution in [-0.4, -0.2) is 37.2 Å². The van der Waals surface area contributed by atoms with Crippen LogP contribution >= 0.6 is 0 Å². The standard InChI is InChI=1S/C59H100O6/c1-4-7-10-13-16-19-21-23-24-25-26-27-28-29-30-31-32-33-34-36-37-40-43-46-49-52-58(61)64-55-56(54-63-57(60)51-48-45-42-39-18-15-12-9-6-3)65-59(62)53-50-47-44-41-38-35-22-20-17-14-11-8-5-2/h7-8,10-11,16-17,19-20,23-24,26-27,35,38,56H,4-6,9,12-15,18,21-22,25,28-34,36-37,39-55H2,1-3H3/b10-7-,11-8-,19-16-,20-17-,24-23-,27-26-,38-35-. The summed E-state index contributed by atoms with van der Waals surface area (Å²) in [5, 5.41) is 0. The van der Waals surface area contributed by atoms with Gasteiger partial charge in [-0.3, -0.25) is 14.4 Å². The van der Waals surface area contributed by atoms with Gasteiger partial charge in [0.25, 0.3) is 0 Å². The van der Waals surface area contributed by atoms with Gasteiger partial charge in [-0.2, -0.15) is 0 Å². The summed E-state index contributed by atoms with van der Waals surface area (Å²) in [7, 11) is 0. The monoisotopic (exact) mass is 905 g/mol. The molecule has 65 heavy (non-hydrogen) atoms. The van der Waals surface area contributed by atoms with E-state index in [0.717, 1.165) is 109 Å². The molecule has 0 saturated carbocycles. The summed E-state index contributed by atoms with van der Waals surface area (Å²) >= 11 is 0. The Bertz CT molecular complexity index is 1270. The van der Waals surface area contributed by atoms with Crippen molar-refractivity contribution in [2.45, 2.75) is 258 Å². The zero-order valence-corrected chi connectivity index (χ0v) is 42.5. The number of esters is 3. The number of carbonyl (C=O) groups excluding carboxylic acids is 3. The number of hydrogen-bond donors (Lipinski definition) is 0. The molecule has 6 heteroatoms. The fourth-order valence-corrected chi connectivity index (χ4v) is 7.39. The molecule has 0 rings (SSSR count). The Morgan fingerprint density at radius 2 is 0.600 bits per heavy atom. The third kappa shape index (κ3) is 51.4. The third-order valence-electron chi connectivity index (χ3n) is 11.4. The average molecular weight is 905 g/mol. The second kappa shape index (κ2) is 53.2. The molecular formula is C59H100O6.